The molecule has 1 aliphatic rings. The summed E-state index contributed by atoms with van der Waals surface area (Å²) in [5, 5.41) is 10.8. The Labute approximate surface area is 179 Å². The molecule has 154 valence electrons. The molecule has 31 heavy (non-hydrogen) atoms. The first-order valence-electron chi connectivity index (χ1n) is 10.1. The van der Waals surface area contributed by atoms with Crippen molar-refractivity contribution in [3.05, 3.63) is 72.9 Å². The molecule has 4 heterocycles. The maximum Gasteiger partial charge on any atom is 0.274 e. The van der Waals surface area contributed by atoms with E-state index in [1.165, 1.54) is 12.8 Å². The van der Waals surface area contributed by atoms with Crippen molar-refractivity contribution in [3.8, 4) is 22.6 Å². The van der Waals surface area contributed by atoms with Crippen molar-refractivity contribution in [2.24, 2.45) is 7.05 Å². The third-order valence-electron chi connectivity index (χ3n) is 4.95. The molecule has 0 atom stereocenters. The lowest BCUT2D eigenvalue weighted by atomic mass is 10.1. The predicted molar refractivity (Wildman–Crippen MR) is 119 cm³/mol. The lowest BCUT2D eigenvalue weighted by Crippen LogP contribution is -2.14. The van der Waals surface area contributed by atoms with E-state index >= 15 is 0 Å². The number of pyridine rings is 3. The number of carbonyl (C=O) groups excluding carboxylic acids is 1. The Morgan fingerprint density at radius 2 is 1.97 bits per heavy atom. The number of nitrogens with zero attached hydrogens (tertiary/aromatic N) is 5. The normalized spacial score (nSPS) is 13.1. The molecule has 4 aromatic rings. The molecule has 0 unspecified atom stereocenters. The number of aryl methyl sites for hydroxylation is 1. The first-order chi connectivity index (χ1) is 15.2. The Bertz CT molecular complexity index is 1230. The van der Waals surface area contributed by atoms with E-state index in [0.29, 0.717) is 34.5 Å². The minimum Gasteiger partial charge on any atom is -0.381 e. The zero-order valence-corrected chi connectivity index (χ0v) is 17.0. The Hall–Kier alpha value is -4.07. The van der Waals surface area contributed by atoms with E-state index in [0.717, 1.165) is 11.3 Å². The van der Waals surface area contributed by atoms with Crippen LogP contribution in [-0.2, 0) is 7.05 Å². The molecule has 8 nitrogen and oxygen atoms in total. The van der Waals surface area contributed by atoms with E-state index < -0.39 is 0 Å². The molecule has 0 aliphatic heterocycles. The molecule has 1 amide bonds. The van der Waals surface area contributed by atoms with Gasteiger partial charge in [-0.2, -0.15) is 5.10 Å². The van der Waals surface area contributed by atoms with Crippen molar-refractivity contribution in [2.45, 2.75) is 18.9 Å². The van der Waals surface area contributed by atoms with Crippen molar-refractivity contribution >= 4 is 17.3 Å². The van der Waals surface area contributed by atoms with Crippen LogP contribution in [0.2, 0.25) is 0 Å². The highest BCUT2D eigenvalue weighted by atomic mass is 16.1. The van der Waals surface area contributed by atoms with Gasteiger partial charge in [0.2, 0.25) is 0 Å². The fourth-order valence-corrected chi connectivity index (χ4v) is 3.30. The van der Waals surface area contributed by atoms with E-state index in [4.69, 9.17) is 0 Å². The summed E-state index contributed by atoms with van der Waals surface area (Å²) in [6, 6.07) is 13.5. The zero-order chi connectivity index (χ0) is 21.2. The largest absolute Gasteiger partial charge is 0.381 e. The van der Waals surface area contributed by atoms with Crippen LogP contribution in [0.25, 0.3) is 22.6 Å². The first kappa shape index (κ1) is 18.9. The topological polar surface area (TPSA) is 97.6 Å². The van der Waals surface area contributed by atoms with Crippen LogP contribution in [0.15, 0.2) is 67.3 Å². The number of nitrogens with one attached hydrogen (secondary N) is 2. The van der Waals surface area contributed by atoms with Crippen LogP contribution >= 0.6 is 0 Å². The lowest BCUT2D eigenvalue weighted by Gasteiger charge is -2.08. The maximum atomic E-state index is 13.0. The van der Waals surface area contributed by atoms with Crippen molar-refractivity contribution < 1.29 is 4.79 Å². The summed E-state index contributed by atoms with van der Waals surface area (Å²) in [6.07, 6.45) is 9.38. The summed E-state index contributed by atoms with van der Waals surface area (Å²) in [5.74, 6) is -0.313. The van der Waals surface area contributed by atoms with E-state index in [1.807, 2.05) is 36.4 Å². The van der Waals surface area contributed by atoms with Crippen molar-refractivity contribution in [1.82, 2.24) is 24.7 Å². The lowest BCUT2D eigenvalue weighted by molar-refractivity contribution is 0.102. The minimum atomic E-state index is -0.313. The highest BCUT2D eigenvalue weighted by Crippen LogP contribution is 2.27. The van der Waals surface area contributed by atoms with Gasteiger partial charge in [0.05, 0.1) is 22.8 Å². The number of anilines is 2. The monoisotopic (exact) mass is 411 g/mol. The SMILES string of the molecule is Cn1cc(NC(=O)c2cccc(-c3cncc(NC4CC4)c3)n2)c(-c2ccccn2)n1. The zero-order valence-electron chi connectivity index (χ0n) is 17.0. The summed E-state index contributed by atoms with van der Waals surface area (Å²) in [5.41, 5.74) is 4.70. The summed E-state index contributed by atoms with van der Waals surface area (Å²) >= 11 is 0. The summed E-state index contributed by atoms with van der Waals surface area (Å²) in [7, 11) is 1.80. The molecule has 0 radical (unpaired) electrons. The van der Waals surface area contributed by atoms with Crippen molar-refractivity contribution in [2.75, 3.05) is 10.6 Å². The highest BCUT2D eigenvalue weighted by molar-refractivity contribution is 6.04. The van der Waals surface area contributed by atoms with Crippen LogP contribution < -0.4 is 10.6 Å². The van der Waals surface area contributed by atoms with Gasteiger partial charge in [0, 0.05) is 43.4 Å². The Morgan fingerprint density at radius 3 is 2.77 bits per heavy atom. The number of amides is 1. The molecule has 0 bridgehead atoms. The number of hydrogen-bond acceptors (Lipinski definition) is 6. The molecule has 4 aromatic heterocycles. The minimum absolute atomic E-state index is 0.313. The van der Waals surface area contributed by atoms with E-state index in [1.54, 1.807) is 42.6 Å². The number of carbonyl (C=O) groups is 1. The smallest absolute Gasteiger partial charge is 0.274 e. The average molecular weight is 411 g/mol. The molecule has 5 rings (SSSR count). The van der Waals surface area contributed by atoms with Gasteiger partial charge in [-0.3, -0.25) is 19.4 Å². The van der Waals surface area contributed by atoms with Crippen molar-refractivity contribution in [3.63, 3.8) is 0 Å². The van der Waals surface area contributed by atoms with Gasteiger partial charge >= 0.3 is 0 Å². The van der Waals surface area contributed by atoms with Crippen LogP contribution in [0.3, 0.4) is 0 Å². The number of rotatable bonds is 6. The molecule has 0 saturated heterocycles. The van der Waals surface area contributed by atoms with Crippen LogP contribution in [0.5, 0.6) is 0 Å². The Kier molecular flexibility index (Phi) is 4.87. The molecule has 1 saturated carbocycles. The third kappa shape index (κ3) is 4.28. The Morgan fingerprint density at radius 1 is 1.10 bits per heavy atom. The second-order valence-electron chi connectivity index (χ2n) is 7.52. The molecule has 0 spiro atoms. The number of hydrogen-bond donors (Lipinski definition) is 2. The summed E-state index contributed by atoms with van der Waals surface area (Å²) < 4.78 is 1.65. The molecule has 0 aromatic carbocycles. The molecule has 8 heteroatoms. The van der Waals surface area contributed by atoms with Gasteiger partial charge in [0.15, 0.2) is 0 Å². The molecular formula is C23H21N7O. The molecule has 1 aliphatic carbocycles. The third-order valence-corrected chi connectivity index (χ3v) is 4.95. The van der Waals surface area contributed by atoms with Crippen LogP contribution in [0, 0.1) is 0 Å². The summed E-state index contributed by atoms with van der Waals surface area (Å²) in [4.78, 5) is 26.2. The van der Waals surface area contributed by atoms with Gasteiger partial charge in [-0.25, -0.2) is 4.98 Å². The second-order valence-corrected chi connectivity index (χ2v) is 7.52. The van der Waals surface area contributed by atoms with Gasteiger partial charge in [-0.15, -0.1) is 0 Å². The van der Waals surface area contributed by atoms with Crippen LogP contribution in [0.4, 0.5) is 11.4 Å². The molecular weight excluding hydrogens is 390 g/mol. The van der Waals surface area contributed by atoms with Gasteiger partial charge < -0.3 is 10.6 Å². The second kappa shape index (κ2) is 7.98. The Balaban J connectivity index is 1.39. The van der Waals surface area contributed by atoms with E-state index in [2.05, 4.69) is 30.7 Å². The summed E-state index contributed by atoms with van der Waals surface area (Å²) in [6.45, 7) is 0. The van der Waals surface area contributed by atoms with Gasteiger partial charge in [-0.1, -0.05) is 12.1 Å². The first-order valence-corrected chi connectivity index (χ1v) is 10.1. The van der Waals surface area contributed by atoms with E-state index in [9.17, 15) is 4.79 Å². The molecule has 2 N–H and O–H groups in total. The number of aromatic nitrogens is 5. The highest BCUT2D eigenvalue weighted by Gasteiger charge is 2.21. The quantitative estimate of drug-likeness (QED) is 0.501. The van der Waals surface area contributed by atoms with Crippen LogP contribution in [0.1, 0.15) is 23.3 Å². The fraction of sp³-hybridized carbons (Fsp3) is 0.174. The van der Waals surface area contributed by atoms with E-state index in [-0.39, 0.29) is 5.91 Å². The van der Waals surface area contributed by atoms with Gasteiger partial charge in [0.1, 0.15) is 11.4 Å². The fourth-order valence-electron chi connectivity index (χ4n) is 3.30. The van der Waals surface area contributed by atoms with Crippen LogP contribution in [-0.4, -0.2) is 36.7 Å². The standard InChI is InChI=1S/C23H21N7O/c1-30-14-21(22(29-30)19-5-2-3-10-25-19)28-23(31)20-7-4-6-18(27-20)15-11-17(13-24-12-15)26-16-8-9-16/h2-7,10-14,16,26H,8-9H2,1H3,(H,28,31). The average Bonchev–Trinajstić information content (AvgIpc) is 3.54. The predicted octanol–water partition coefficient (Wildman–Crippen LogP) is 3.77. The maximum absolute atomic E-state index is 13.0. The van der Waals surface area contributed by atoms with Crippen molar-refractivity contribution in [1.29, 1.82) is 0 Å². The van der Waals surface area contributed by atoms with Gasteiger partial charge in [0.25, 0.3) is 5.91 Å². The van der Waals surface area contributed by atoms with Gasteiger partial charge in [-0.05, 0) is 43.2 Å². The molecule has 1 fully saturated rings.